The number of amides is 1. The number of methoxy groups -OCH3 is 1. The number of hydrogen-bond donors (Lipinski definition) is 2. The Bertz CT molecular complexity index is 953. The molecule has 0 bridgehead atoms. The van der Waals surface area contributed by atoms with Crippen LogP contribution in [0.15, 0.2) is 30.5 Å². The van der Waals surface area contributed by atoms with Gasteiger partial charge in [-0.25, -0.2) is 9.97 Å². The molecule has 0 atom stereocenters. The van der Waals surface area contributed by atoms with Gasteiger partial charge in [-0.05, 0) is 49.4 Å². The van der Waals surface area contributed by atoms with Crippen LogP contribution in [0, 0.1) is 0 Å². The lowest BCUT2D eigenvalue weighted by atomic mass is 9.77. The maximum Gasteiger partial charge on any atom is 0.253 e. The molecule has 172 valence electrons. The third-order valence-electron chi connectivity index (χ3n) is 6.71. The molecular formula is C25H35N5O2. The van der Waals surface area contributed by atoms with Crippen LogP contribution in [0.1, 0.15) is 55.5 Å². The van der Waals surface area contributed by atoms with Crippen LogP contribution in [0.5, 0.6) is 0 Å². The molecule has 7 nitrogen and oxygen atoms in total. The summed E-state index contributed by atoms with van der Waals surface area (Å²) in [6, 6.07) is 8.96. The minimum absolute atomic E-state index is 0.0863. The van der Waals surface area contributed by atoms with E-state index in [1.165, 1.54) is 0 Å². The average molecular weight is 438 g/mol. The number of aromatic nitrogens is 2. The predicted molar refractivity (Wildman–Crippen MR) is 127 cm³/mol. The summed E-state index contributed by atoms with van der Waals surface area (Å²) in [5.74, 6) is 0.759. The van der Waals surface area contributed by atoms with Gasteiger partial charge in [0.2, 0.25) is 5.95 Å². The normalized spacial score (nSPS) is 22.5. The smallest absolute Gasteiger partial charge is 0.253 e. The molecule has 1 aliphatic heterocycles. The fraction of sp³-hybridized carbons (Fsp3) is 0.560. The van der Waals surface area contributed by atoms with E-state index in [1.54, 1.807) is 12.0 Å². The molecule has 1 aromatic carbocycles. The summed E-state index contributed by atoms with van der Waals surface area (Å²) in [6.07, 6.45) is 6.29. The number of hydrogen-bond acceptors (Lipinski definition) is 6. The zero-order valence-electron chi connectivity index (χ0n) is 19.6. The summed E-state index contributed by atoms with van der Waals surface area (Å²) < 4.78 is 5.12. The van der Waals surface area contributed by atoms with E-state index < -0.39 is 0 Å². The lowest BCUT2D eigenvalue weighted by Crippen LogP contribution is -2.44. The molecule has 1 saturated carbocycles. The van der Waals surface area contributed by atoms with Crippen molar-refractivity contribution >= 4 is 11.9 Å². The highest BCUT2D eigenvalue weighted by molar-refractivity contribution is 5.98. The van der Waals surface area contributed by atoms with Crippen molar-refractivity contribution in [3.8, 4) is 11.3 Å². The van der Waals surface area contributed by atoms with Crippen LogP contribution in [0.25, 0.3) is 11.3 Å². The minimum Gasteiger partial charge on any atom is -0.383 e. The third-order valence-corrected chi connectivity index (χ3v) is 6.71. The number of ether oxygens (including phenoxy) is 1. The molecule has 0 radical (unpaired) electrons. The Hall–Kier alpha value is -2.51. The fourth-order valence-corrected chi connectivity index (χ4v) is 4.98. The Morgan fingerprint density at radius 2 is 1.91 bits per heavy atom. The highest BCUT2D eigenvalue weighted by Crippen LogP contribution is 2.35. The molecule has 1 aromatic heterocycles. The monoisotopic (exact) mass is 437 g/mol. The lowest BCUT2D eigenvalue weighted by Gasteiger charge is -2.37. The van der Waals surface area contributed by atoms with Crippen LogP contribution >= 0.6 is 0 Å². The van der Waals surface area contributed by atoms with Gasteiger partial charge in [0.1, 0.15) is 0 Å². The number of carbonyl (C=O) groups excluding carboxylic acids is 1. The van der Waals surface area contributed by atoms with E-state index in [-0.39, 0.29) is 11.3 Å². The molecule has 2 aliphatic rings. The van der Waals surface area contributed by atoms with E-state index in [1.807, 2.05) is 31.4 Å². The highest BCUT2D eigenvalue weighted by atomic mass is 16.5. The van der Waals surface area contributed by atoms with Gasteiger partial charge in [-0.3, -0.25) is 4.79 Å². The van der Waals surface area contributed by atoms with Crippen molar-refractivity contribution in [2.45, 2.75) is 57.0 Å². The van der Waals surface area contributed by atoms with Crippen molar-refractivity contribution < 1.29 is 9.53 Å². The molecule has 1 amide bonds. The van der Waals surface area contributed by atoms with Gasteiger partial charge in [-0.2, -0.15) is 0 Å². The molecule has 0 unspecified atom stereocenters. The quantitative estimate of drug-likeness (QED) is 0.646. The first-order valence-corrected chi connectivity index (χ1v) is 11.6. The number of carbonyl (C=O) groups is 1. The third kappa shape index (κ3) is 4.94. The second-order valence-electron chi connectivity index (χ2n) is 9.71. The highest BCUT2D eigenvalue weighted by Gasteiger charge is 2.35. The standard InChI is InChI=1S/C25H35N5O2/c1-25(2)16-30(3)23(31)20-10-5-17(15-21(20)25)22-11-12-27-24(29-22)28-19-8-6-18(7-9-19)26-13-14-32-4/h5,10-12,15,18-19,26H,6-9,13-14,16H2,1-4H3,(H,27,28,29). The maximum atomic E-state index is 12.6. The van der Waals surface area contributed by atoms with Crippen LogP contribution in [0.4, 0.5) is 5.95 Å². The first-order chi connectivity index (χ1) is 15.4. The number of likely N-dealkylation sites (N-methyl/N-ethyl adjacent to an activating group) is 1. The average Bonchev–Trinajstić information content (AvgIpc) is 2.79. The van der Waals surface area contributed by atoms with Gasteiger partial charge in [-0.15, -0.1) is 0 Å². The molecule has 1 fully saturated rings. The Balaban J connectivity index is 1.45. The van der Waals surface area contributed by atoms with E-state index >= 15 is 0 Å². The van der Waals surface area contributed by atoms with Crippen LogP contribution in [-0.4, -0.2) is 66.7 Å². The fourth-order valence-electron chi connectivity index (χ4n) is 4.98. The molecule has 0 spiro atoms. The number of fused-ring (bicyclic) bond motifs is 1. The number of rotatable bonds is 7. The number of benzene rings is 1. The maximum absolute atomic E-state index is 12.6. The zero-order chi connectivity index (χ0) is 22.7. The van der Waals surface area contributed by atoms with Crippen molar-refractivity contribution in [2.24, 2.45) is 0 Å². The number of anilines is 1. The summed E-state index contributed by atoms with van der Waals surface area (Å²) in [7, 11) is 3.60. The van der Waals surface area contributed by atoms with Gasteiger partial charge in [-0.1, -0.05) is 19.9 Å². The number of nitrogens with one attached hydrogen (secondary N) is 2. The van der Waals surface area contributed by atoms with Gasteiger partial charge in [0.05, 0.1) is 12.3 Å². The van der Waals surface area contributed by atoms with Crippen LogP contribution in [-0.2, 0) is 10.2 Å². The van der Waals surface area contributed by atoms with E-state index in [0.29, 0.717) is 24.6 Å². The minimum atomic E-state index is -0.0992. The molecule has 32 heavy (non-hydrogen) atoms. The molecule has 1 aliphatic carbocycles. The lowest BCUT2D eigenvalue weighted by molar-refractivity contribution is 0.0737. The molecule has 2 heterocycles. The van der Waals surface area contributed by atoms with E-state index in [0.717, 1.165) is 61.2 Å². The van der Waals surface area contributed by atoms with Crippen LogP contribution in [0.2, 0.25) is 0 Å². The number of nitrogens with zero attached hydrogens (tertiary/aromatic N) is 3. The summed E-state index contributed by atoms with van der Waals surface area (Å²) in [5.41, 5.74) is 3.67. The first kappa shape index (κ1) is 22.7. The second kappa shape index (κ2) is 9.55. The summed E-state index contributed by atoms with van der Waals surface area (Å²) in [5, 5.41) is 7.10. The van der Waals surface area contributed by atoms with Crippen LogP contribution in [0.3, 0.4) is 0 Å². The Morgan fingerprint density at radius 3 is 2.66 bits per heavy atom. The van der Waals surface area contributed by atoms with Gasteiger partial charge in [0.15, 0.2) is 0 Å². The second-order valence-corrected chi connectivity index (χ2v) is 9.71. The SMILES string of the molecule is COCCNC1CCC(Nc2nccc(-c3ccc4c(c3)C(C)(C)CN(C)C4=O)n2)CC1. The Kier molecular flexibility index (Phi) is 6.76. The van der Waals surface area contributed by atoms with E-state index in [4.69, 9.17) is 9.72 Å². The van der Waals surface area contributed by atoms with Crippen molar-refractivity contribution in [3.63, 3.8) is 0 Å². The van der Waals surface area contributed by atoms with Crippen molar-refractivity contribution in [1.29, 1.82) is 0 Å². The Morgan fingerprint density at radius 1 is 1.16 bits per heavy atom. The summed E-state index contributed by atoms with van der Waals surface area (Å²) in [4.78, 5) is 23.7. The molecular weight excluding hydrogens is 402 g/mol. The first-order valence-electron chi connectivity index (χ1n) is 11.6. The van der Waals surface area contributed by atoms with Gasteiger partial charge in [0.25, 0.3) is 5.91 Å². The van der Waals surface area contributed by atoms with E-state index in [9.17, 15) is 4.79 Å². The van der Waals surface area contributed by atoms with Crippen molar-refractivity contribution in [2.75, 3.05) is 39.2 Å². The summed E-state index contributed by atoms with van der Waals surface area (Å²) in [6.45, 7) is 6.74. The largest absolute Gasteiger partial charge is 0.383 e. The molecule has 7 heteroatoms. The zero-order valence-corrected chi connectivity index (χ0v) is 19.6. The molecule has 4 rings (SSSR count). The topological polar surface area (TPSA) is 79.4 Å². The van der Waals surface area contributed by atoms with E-state index in [2.05, 4.69) is 35.5 Å². The van der Waals surface area contributed by atoms with Crippen LogP contribution < -0.4 is 10.6 Å². The van der Waals surface area contributed by atoms with Gasteiger partial charge >= 0.3 is 0 Å². The van der Waals surface area contributed by atoms with Crippen molar-refractivity contribution in [1.82, 2.24) is 20.2 Å². The Labute approximate surface area is 191 Å². The van der Waals surface area contributed by atoms with Crippen molar-refractivity contribution in [3.05, 3.63) is 41.6 Å². The molecule has 2 aromatic rings. The van der Waals surface area contributed by atoms with Gasteiger partial charge < -0.3 is 20.3 Å². The summed E-state index contributed by atoms with van der Waals surface area (Å²) >= 11 is 0. The molecule has 0 saturated heterocycles. The van der Waals surface area contributed by atoms with Gasteiger partial charge in [0, 0.05) is 62.1 Å². The molecule has 2 N–H and O–H groups in total. The predicted octanol–water partition coefficient (Wildman–Crippen LogP) is 3.47.